The molecule has 2 N–H and O–H groups in total. The molecule has 2 nitrogen and oxygen atoms in total. The van der Waals surface area contributed by atoms with Crippen molar-refractivity contribution in [3.05, 3.63) is 0 Å². The van der Waals surface area contributed by atoms with Crippen molar-refractivity contribution >= 4 is 11.8 Å². The zero-order valence-electron chi connectivity index (χ0n) is 9.05. The zero-order valence-corrected chi connectivity index (χ0v) is 9.86. The van der Waals surface area contributed by atoms with E-state index in [2.05, 4.69) is 37.4 Å². The predicted octanol–water partition coefficient (Wildman–Crippen LogP) is 1.55. The lowest BCUT2D eigenvalue weighted by Crippen LogP contribution is -2.57. The number of rotatable bonds is 4. The lowest BCUT2D eigenvalue weighted by atomic mass is 9.90. The third-order valence-corrected chi connectivity index (χ3v) is 4.78. The van der Waals surface area contributed by atoms with Crippen LogP contribution in [0.5, 0.6) is 0 Å². The molecule has 0 amide bonds. The fourth-order valence-electron chi connectivity index (χ4n) is 2.44. The van der Waals surface area contributed by atoms with Crippen molar-refractivity contribution in [2.45, 2.75) is 38.0 Å². The van der Waals surface area contributed by atoms with Crippen molar-refractivity contribution in [1.29, 1.82) is 0 Å². The van der Waals surface area contributed by atoms with E-state index in [1.54, 1.807) is 0 Å². The Balaban J connectivity index is 2.77. The van der Waals surface area contributed by atoms with Crippen molar-refractivity contribution in [2.24, 2.45) is 5.73 Å². The molecule has 0 saturated carbocycles. The molecular weight excluding hydrogens is 180 g/mol. The minimum Gasteiger partial charge on any atom is -0.329 e. The Morgan fingerprint density at radius 1 is 1.46 bits per heavy atom. The van der Waals surface area contributed by atoms with Gasteiger partial charge in [-0.3, -0.25) is 4.90 Å². The molecule has 0 radical (unpaired) electrons. The Bertz CT molecular complexity index is 159. The summed E-state index contributed by atoms with van der Waals surface area (Å²) in [5, 5.41) is 0.692. The van der Waals surface area contributed by atoms with Crippen LogP contribution in [-0.4, -0.2) is 41.1 Å². The third-order valence-electron chi connectivity index (χ3n) is 3.41. The van der Waals surface area contributed by atoms with Crippen molar-refractivity contribution < 1.29 is 0 Å². The van der Waals surface area contributed by atoms with Crippen LogP contribution >= 0.6 is 11.8 Å². The SMILES string of the molecule is CCN(CC)C1(CN)CCSC1C. The van der Waals surface area contributed by atoms with Gasteiger partial charge in [0.1, 0.15) is 0 Å². The van der Waals surface area contributed by atoms with E-state index in [-0.39, 0.29) is 5.54 Å². The molecule has 0 aromatic heterocycles. The van der Waals surface area contributed by atoms with Gasteiger partial charge in [0, 0.05) is 17.3 Å². The normalized spacial score (nSPS) is 34.4. The summed E-state index contributed by atoms with van der Waals surface area (Å²) in [4.78, 5) is 2.54. The van der Waals surface area contributed by atoms with E-state index >= 15 is 0 Å². The number of hydrogen-bond donors (Lipinski definition) is 1. The van der Waals surface area contributed by atoms with Gasteiger partial charge in [-0.05, 0) is 25.3 Å². The standard InChI is InChI=1S/C10H22N2S/c1-4-12(5-2)10(8-11)6-7-13-9(10)3/h9H,4-8,11H2,1-3H3. The molecule has 2 unspecified atom stereocenters. The number of thioether (sulfide) groups is 1. The van der Waals surface area contributed by atoms with Gasteiger partial charge in [-0.2, -0.15) is 11.8 Å². The Hall–Kier alpha value is 0.270. The fraction of sp³-hybridized carbons (Fsp3) is 1.00. The smallest absolute Gasteiger partial charge is 0.0454 e. The highest BCUT2D eigenvalue weighted by atomic mass is 32.2. The maximum Gasteiger partial charge on any atom is 0.0454 e. The molecule has 1 rings (SSSR count). The van der Waals surface area contributed by atoms with Crippen LogP contribution < -0.4 is 5.73 Å². The van der Waals surface area contributed by atoms with Gasteiger partial charge in [0.2, 0.25) is 0 Å². The molecule has 0 aromatic carbocycles. The highest BCUT2D eigenvalue weighted by Gasteiger charge is 2.43. The molecule has 1 heterocycles. The lowest BCUT2D eigenvalue weighted by Gasteiger charge is -2.42. The second-order valence-corrected chi connectivity index (χ2v) is 5.19. The molecule has 0 bridgehead atoms. The average molecular weight is 202 g/mol. The van der Waals surface area contributed by atoms with Crippen molar-refractivity contribution in [2.75, 3.05) is 25.4 Å². The molecule has 13 heavy (non-hydrogen) atoms. The van der Waals surface area contributed by atoms with Gasteiger partial charge in [0.05, 0.1) is 0 Å². The Labute approximate surface area is 86.2 Å². The number of likely N-dealkylation sites (N-methyl/N-ethyl adjacent to an activating group) is 1. The van der Waals surface area contributed by atoms with Crippen molar-refractivity contribution in [1.82, 2.24) is 4.90 Å². The van der Waals surface area contributed by atoms with Crippen molar-refractivity contribution in [3.8, 4) is 0 Å². The maximum atomic E-state index is 5.96. The van der Waals surface area contributed by atoms with Gasteiger partial charge in [-0.15, -0.1) is 0 Å². The summed E-state index contributed by atoms with van der Waals surface area (Å²) in [6, 6.07) is 0. The van der Waals surface area contributed by atoms with Crippen LogP contribution in [0.25, 0.3) is 0 Å². The Kier molecular flexibility index (Phi) is 4.07. The first-order chi connectivity index (χ1) is 6.21. The summed E-state index contributed by atoms with van der Waals surface area (Å²) in [5.41, 5.74) is 6.24. The second-order valence-electron chi connectivity index (χ2n) is 3.74. The molecule has 0 spiro atoms. The maximum absolute atomic E-state index is 5.96. The quantitative estimate of drug-likeness (QED) is 0.750. The van der Waals surface area contributed by atoms with E-state index in [1.807, 2.05) is 0 Å². The largest absolute Gasteiger partial charge is 0.329 e. The molecule has 1 aliphatic rings. The van der Waals surface area contributed by atoms with E-state index in [1.165, 1.54) is 12.2 Å². The first-order valence-corrected chi connectivity index (χ1v) is 6.32. The van der Waals surface area contributed by atoms with Crippen LogP contribution in [0.15, 0.2) is 0 Å². The summed E-state index contributed by atoms with van der Waals surface area (Å²) in [6.07, 6.45) is 1.26. The summed E-state index contributed by atoms with van der Waals surface area (Å²) < 4.78 is 0. The molecule has 1 fully saturated rings. The highest BCUT2D eigenvalue weighted by Crippen LogP contribution is 2.39. The van der Waals surface area contributed by atoms with Gasteiger partial charge >= 0.3 is 0 Å². The summed E-state index contributed by atoms with van der Waals surface area (Å²) in [7, 11) is 0. The number of hydrogen-bond acceptors (Lipinski definition) is 3. The first kappa shape index (κ1) is 11.3. The topological polar surface area (TPSA) is 29.3 Å². The monoisotopic (exact) mass is 202 g/mol. The van der Waals surface area contributed by atoms with E-state index < -0.39 is 0 Å². The van der Waals surface area contributed by atoms with E-state index in [0.717, 1.165) is 19.6 Å². The van der Waals surface area contributed by atoms with Crippen LogP contribution in [0.2, 0.25) is 0 Å². The van der Waals surface area contributed by atoms with Crippen LogP contribution in [0.4, 0.5) is 0 Å². The predicted molar refractivity (Wildman–Crippen MR) is 61.2 cm³/mol. The van der Waals surface area contributed by atoms with E-state index in [9.17, 15) is 0 Å². The van der Waals surface area contributed by atoms with Gasteiger partial charge in [0.25, 0.3) is 0 Å². The van der Waals surface area contributed by atoms with Crippen LogP contribution in [0.1, 0.15) is 27.2 Å². The van der Waals surface area contributed by atoms with E-state index in [4.69, 9.17) is 5.73 Å². The summed E-state index contributed by atoms with van der Waals surface area (Å²) >= 11 is 2.07. The fourth-order valence-corrected chi connectivity index (χ4v) is 3.93. The van der Waals surface area contributed by atoms with Gasteiger partial charge < -0.3 is 5.73 Å². The minimum absolute atomic E-state index is 0.286. The first-order valence-electron chi connectivity index (χ1n) is 5.28. The molecule has 78 valence electrons. The molecular formula is C10H22N2S. The minimum atomic E-state index is 0.286. The van der Waals surface area contributed by atoms with Crippen LogP contribution in [0.3, 0.4) is 0 Å². The summed E-state index contributed by atoms with van der Waals surface area (Å²) in [6.45, 7) is 9.84. The molecule has 3 heteroatoms. The van der Waals surface area contributed by atoms with Gasteiger partial charge in [0.15, 0.2) is 0 Å². The second kappa shape index (κ2) is 4.67. The molecule has 1 saturated heterocycles. The number of nitrogens with zero attached hydrogens (tertiary/aromatic N) is 1. The summed E-state index contributed by atoms with van der Waals surface area (Å²) in [5.74, 6) is 1.27. The van der Waals surface area contributed by atoms with Gasteiger partial charge in [-0.1, -0.05) is 20.8 Å². The van der Waals surface area contributed by atoms with Crippen LogP contribution in [0, 0.1) is 0 Å². The zero-order chi connectivity index (χ0) is 9.90. The van der Waals surface area contributed by atoms with Crippen molar-refractivity contribution in [3.63, 3.8) is 0 Å². The highest BCUT2D eigenvalue weighted by molar-refractivity contribution is 8.00. The molecule has 2 atom stereocenters. The lowest BCUT2D eigenvalue weighted by molar-refractivity contribution is 0.110. The van der Waals surface area contributed by atoms with Crippen LogP contribution in [-0.2, 0) is 0 Å². The molecule has 0 aliphatic carbocycles. The van der Waals surface area contributed by atoms with E-state index in [0.29, 0.717) is 5.25 Å². The molecule has 1 aliphatic heterocycles. The third kappa shape index (κ3) is 1.88. The average Bonchev–Trinajstić information content (AvgIpc) is 2.51. The van der Waals surface area contributed by atoms with Gasteiger partial charge in [-0.25, -0.2) is 0 Å². The Morgan fingerprint density at radius 2 is 2.08 bits per heavy atom. The molecule has 0 aromatic rings. The number of nitrogens with two attached hydrogens (primary N) is 1. The Morgan fingerprint density at radius 3 is 2.38 bits per heavy atom.